The van der Waals surface area contributed by atoms with Gasteiger partial charge in [0.25, 0.3) is 12.3 Å². The van der Waals surface area contributed by atoms with E-state index in [2.05, 4.69) is 10.4 Å². The quantitative estimate of drug-likeness (QED) is 0.213. The number of hydrogen-bond donors (Lipinski definition) is 1. The number of nitrogens with zero attached hydrogens (tertiary/aromatic N) is 2. The summed E-state index contributed by atoms with van der Waals surface area (Å²) in [5.74, 6) is -5.25. The first kappa shape index (κ1) is 20.2. The van der Waals surface area contributed by atoms with Gasteiger partial charge in [0.05, 0.1) is 10.1 Å². The summed E-state index contributed by atoms with van der Waals surface area (Å²) >= 11 is 1.90. The molecule has 0 atom stereocenters. The number of alkyl halides is 3. The Kier molecular flexibility index (Phi) is 5.96. The Morgan fingerprint density at radius 2 is 1.79 bits per heavy atom. The Morgan fingerprint density at radius 3 is 2.39 bits per heavy atom. The van der Waals surface area contributed by atoms with Crippen molar-refractivity contribution in [2.45, 2.75) is 11.0 Å². The van der Waals surface area contributed by atoms with Crippen LogP contribution in [0.4, 0.5) is 27.6 Å². The lowest BCUT2D eigenvalue weighted by Gasteiger charge is -2.12. The van der Waals surface area contributed by atoms with E-state index in [1.165, 1.54) is 29.1 Å². The van der Waals surface area contributed by atoms with Crippen molar-refractivity contribution in [1.82, 2.24) is 9.78 Å². The summed E-state index contributed by atoms with van der Waals surface area (Å²) in [7, 11) is 0. The molecule has 1 heterocycles. The molecular weight excluding hydrogens is 496 g/mol. The highest BCUT2D eigenvalue weighted by molar-refractivity contribution is 14.1. The van der Waals surface area contributed by atoms with Gasteiger partial charge in [-0.05, 0) is 23.8 Å². The van der Waals surface area contributed by atoms with Crippen LogP contribution in [0.25, 0.3) is 11.1 Å². The molecule has 0 saturated heterocycles. The number of halogens is 6. The summed E-state index contributed by atoms with van der Waals surface area (Å²) in [5, 5.41) is 6.11. The molecule has 0 bridgehead atoms. The van der Waals surface area contributed by atoms with Crippen LogP contribution in [0.15, 0.2) is 42.6 Å². The van der Waals surface area contributed by atoms with Crippen molar-refractivity contribution in [1.29, 1.82) is 0 Å². The van der Waals surface area contributed by atoms with Gasteiger partial charge >= 0.3 is 0 Å². The molecule has 3 rings (SSSR count). The summed E-state index contributed by atoms with van der Waals surface area (Å²) < 4.78 is 68.1. The van der Waals surface area contributed by atoms with Crippen molar-refractivity contribution in [2.75, 3.05) is 5.32 Å². The second-order valence-corrected chi connectivity index (χ2v) is 6.32. The fourth-order valence-electron chi connectivity index (χ4n) is 2.58. The van der Waals surface area contributed by atoms with E-state index in [1.54, 1.807) is 6.07 Å². The third-order valence-corrected chi connectivity index (χ3v) is 4.53. The van der Waals surface area contributed by atoms with Crippen LogP contribution in [0.5, 0.6) is 0 Å². The standard InChI is InChI=1S/C18H11F5IN3O/c19-12-5-9(6-13(20)15(12)21)10-3-1-2-4-14(10)25-18(28)11-7-27(8-24)26-16(11)17(22)23/h1-7,17H,8H2,(H,25,28). The predicted molar refractivity (Wildman–Crippen MR) is 101 cm³/mol. The van der Waals surface area contributed by atoms with Crippen LogP contribution in [-0.4, -0.2) is 15.7 Å². The lowest BCUT2D eigenvalue weighted by molar-refractivity contribution is 0.101. The molecule has 28 heavy (non-hydrogen) atoms. The van der Waals surface area contributed by atoms with Gasteiger partial charge in [-0.1, -0.05) is 40.8 Å². The fourth-order valence-corrected chi connectivity index (χ4v) is 2.93. The third kappa shape index (κ3) is 4.01. The highest BCUT2D eigenvalue weighted by Crippen LogP contribution is 2.31. The lowest BCUT2D eigenvalue weighted by Crippen LogP contribution is -2.14. The Balaban J connectivity index is 1.99. The summed E-state index contributed by atoms with van der Waals surface area (Å²) in [6.07, 6.45) is -1.77. The summed E-state index contributed by atoms with van der Waals surface area (Å²) in [4.78, 5) is 12.5. The molecule has 1 aromatic heterocycles. The van der Waals surface area contributed by atoms with E-state index in [4.69, 9.17) is 0 Å². The maximum atomic E-state index is 13.6. The average Bonchev–Trinajstić information content (AvgIpc) is 3.11. The molecule has 0 spiro atoms. The van der Waals surface area contributed by atoms with Crippen molar-refractivity contribution in [2.24, 2.45) is 0 Å². The van der Waals surface area contributed by atoms with Crippen LogP contribution in [0.1, 0.15) is 22.5 Å². The van der Waals surface area contributed by atoms with Gasteiger partial charge in [0.1, 0.15) is 5.69 Å². The zero-order valence-electron chi connectivity index (χ0n) is 13.9. The summed E-state index contributed by atoms with van der Waals surface area (Å²) in [6.45, 7) is 0. The average molecular weight is 507 g/mol. The van der Waals surface area contributed by atoms with Crippen LogP contribution in [0.3, 0.4) is 0 Å². The molecule has 0 aliphatic rings. The number of amides is 1. The molecule has 4 nitrogen and oxygen atoms in total. The molecule has 1 amide bonds. The monoisotopic (exact) mass is 507 g/mol. The van der Waals surface area contributed by atoms with E-state index in [0.29, 0.717) is 0 Å². The molecular formula is C18H11F5IN3O. The van der Waals surface area contributed by atoms with Crippen LogP contribution >= 0.6 is 22.6 Å². The number of hydrogen-bond acceptors (Lipinski definition) is 2. The minimum atomic E-state index is -2.96. The van der Waals surface area contributed by atoms with Crippen molar-refractivity contribution in [3.8, 4) is 11.1 Å². The molecule has 1 N–H and O–H groups in total. The van der Waals surface area contributed by atoms with Crippen LogP contribution in [0, 0.1) is 17.5 Å². The number of rotatable bonds is 5. The minimum absolute atomic E-state index is 0.0238. The second-order valence-electron chi connectivity index (χ2n) is 5.64. The first-order valence-corrected chi connectivity index (χ1v) is 9.31. The van der Waals surface area contributed by atoms with Crippen molar-refractivity contribution in [3.05, 3.63) is 71.3 Å². The SMILES string of the molecule is O=C(Nc1ccccc1-c1cc(F)c(F)c(F)c1)c1cn(CI)nc1C(F)F. The minimum Gasteiger partial charge on any atom is -0.321 e. The Hall–Kier alpha value is -2.50. The van der Waals surface area contributed by atoms with E-state index in [9.17, 15) is 26.7 Å². The molecule has 0 radical (unpaired) electrons. The molecule has 0 aliphatic heterocycles. The Morgan fingerprint density at radius 1 is 1.14 bits per heavy atom. The number of carbonyl (C=O) groups is 1. The third-order valence-electron chi connectivity index (χ3n) is 3.83. The van der Waals surface area contributed by atoms with Gasteiger partial charge in [-0.15, -0.1) is 0 Å². The van der Waals surface area contributed by atoms with Gasteiger partial charge in [0.15, 0.2) is 17.5 Å². The molecule has 10 heteroatoms. The highest BCUT2D eigenvalue weighted by atomic mass is 127. The maximum Gasteiger partial charge on any atom is 0.282 e. The van der Waals surface area contributed by atoms with E-state index in [1.807, 2.05) is 22.6 Å². The summed E-state index contributed by atoms with van der Waals surface area (Å²) in [5.41, 5.74) is -0.721. The predicted octanol–water partition coefficient (Wildman–Crippen LogP) is 5.55. The molecule has 0 saturated carbocycles. The highest BCUT2D eigenvalue weighted by Gasteiger charge is 2.24. The maximum absolute atomic E-state index is 13.6. The lowest BCUT2D eigenvalue weighted by atomic mass is 10.0. The van der Waals surface area contributed by atoms with Gasteiger partial charge < -0.3 is 5.32 Å². The van der Waals surface area contributed by atoms with E-state index in [-0.39, 0.29) is 26.9 Å². The van der Waals surface area contributed by atoms with Crippen molar-refractivity contribution < 1.29 is 26.7 Å². The number of aromatic nitrogens is 2. The number of carbonyl (C=O) groups excluding carboxylic acids is 1. The zero-order valence-corrected chi connectivity index (χ0v) is 16.1. The number of nitrogens with one attached hydrogen (secondary N) is 1. The molecule has 2 aromatic carbocycles. The van der Waals surface area contributed by atoms with Crippen LogP contribution in [-0.2, 0) is 4.55 Å². The normalized spacial score (nSPS) is 11.1. The first-order chi connectivity index (χ1) is 13.3. The second kappa shape index (κ2) is 8.25. The number of benzene rings is 2. The van der Waals surface area contributed by atoms with Gasteiger partial charge in [0, 0.05) is 17.4 Å². The van der Waals surface area contributed by atoms with Gasteiger partial charge in [-0.2, -0.15) is 5.10 Å². The molecule has 0 aliphatic carbocycles. The van der Waals surface area contributed by atoms with E-state index >= 15 is 0 Å². The topological polar surface area (TPSA) is 46.9 Å². The fraction of sp³-hybridized carbons (Fsp3) is 0.111. The van der Waals surface area contributed by atoms with E-state index < -0.39 is 35.5 Å². The van der Waals surface area contributed by atoms with Crippen LogP contribution < -0.4 is 5.32 Å². The van der Waals surface area contributed by atoms with E-state index in [0.717, 1.165) is 12.1 Å². The van der Waals surface area contributed by atoms with Gasteiger partial charge in [-0.3, -0.25) is 9.48 Å². The van der Waals surface area contributed by atoms with Gasteiger partial charge in [-0.25, -0.2) is 22.0 Å². The molecule has 0 fully saturated rings. The number of para-hydroxylation sites is 1. The van der Waals surface area contributed by atoms with Crippen molar-refractivity contribution >= 4 is 34.2 Å². The zero-order chi connectivity index (χ0) is 20.4. The molecule has 0 unspecified atom stereocenters. The largest absolute Gasteiger partial charge is 0.321 e. The Labute approximate surface area is 169 Å². The molecule has 3 aromatic rings. The van der Waals surface area contributed by atoms with Gasteiger partial charge in [0.2, 0.25) is 0 Å². The smallest absolute Gasteiger partial charge is 0.282 e. The number of anilines is 1. The first-order valence-electron chi connectivity index (χ1n) is 7.78. The van der Waals surface area contributed by atoms with Crippen LogP contribution in [0.2, 0.25) is 0 Å². The Bertz CT molecular complexity index is 1010. The van der Waals surface area contributed by atoms with Crippen molar-refractivity contribution in [3.63, 3.8) is 0 Å². The molecule has 146 valence electrons. The summed E-state index contributed by atoms with van der Waals surface area (Å²) in [6, 6.07) is 7.52.